The largest absolute Gasteiger partial charge is 0.418 e. The summed E-state index contributed by atoms with van der Waals surface area (Å²) in [6, 6.07) is 1.79. The number of halogens is 3. The van der Waals surface area contributed by atoms with Gasteiger partial charge in [-0.15, -0.1) is 0 Å². The topological polar surface area (TPSA) is 65.7 Å². The van der Waals surface area contributed by atoms with Gasteiger partial charge in [0.15, 0.2) is 0 Å². The lowest BCUT2D eigenvalue weighted by atomic mass is 9.63. The molecule has 10 heteroatoms. The quantitative estimate of drug-likeness (QED) is 0.481. The molecule has 0 bridgehead atoms. The van der Waals surface area contributed by atoms with Crippen LogP contribution in [0.15, 0.2) is 23.3 Å². The smallest absolute Gasteiger partial charge is 0.299 e. The van der Waals surface area contributed by atoms with Gasteiger partial charge in [0.05, 0.1) is 11.1 Å². The predicted octanol–water partition coefficient (Wildman–Crippen LogP) is 4.87. The fourth-order valence-corrected chi connectivity index (χ4v) is 8.01. The van der Waals surface area contributed by atoms with Gasteiger partial charge in [0.2, 0.25) is 0 Å². The van der Waals surface area contributed by atoms with E-state index in [-0.39, 0.29) is 17.2 Å². The minimum absolute atomic E-state index is 0.0274. The molecule has 6 atom stereocenters. The van der Waals surface area contributed by atoms with Crippen molar-refractivity contribution in [3.8, 4) is 0 Å². The molecule has 2 aromatic heterocycles. The monoisotopic (exact) mass is 548 g/mol. The SMILES string of the molecule is CC1NNNC1[C@@H](C1CCC1)C1CCCC(n2cc3c(C(F)(F)F)cc(CN4CCC[C@H](C)C4)cn3c2=O)C1. The van der Waals surface area contributed by atoms with E-state index in [1.165, 1.54) is 35.9 Å². The third kappa shape index (κ3) is 5.42. The molecule has 2 saturated heterocycles. The van der Waals surface area contributed by atoms with Crippen LogP contribution in [0.25, 0.3) is 5.52 Å². The molecule has 0 spiro atoms. The Morgan fingerprint density at radius 1 is 1.00 bits per heavy atom. The van der Waals surface area contributed by atoms with E-state index < -0.39 is 11.7 Å². The average Bonchev–Trinajstić information content (AvgIpc) is 3.43. The number of imidazole rings is 1. The zero-order valence-electron chi connectivity index (χ0n) is 23.1. The molecule has 39 heavy (non-hydrogen) atoms. The van der Waals surface area contributed by atoms with Crippen LogP contribution in [0.2, 0.25) is 0 Å². The molecule has 4 aliphatic rings. The Balaban J connectivity index is 1.31. The highest BCUT2D eigenvalue weighted by molar-refractivity contribution is 5.56. The number of hydrogen-bond acceptors (Lipinski definition) is 5. The van der Waals surface area contributed by atoms with Crippen molar-refractivity contribution in [3.05, 3.63) is 40.1 Å². The highest BCUT2D eigenvalue weighted by Gasteiger charge is 2.44. The first kappa shape index (κ1) is 27.3. The van der Waals surface area contributed by atoms with Crippen LogP contribution in [0.3, 0.4) is 0 Å². The van der Waals surface area contributed by atoms with Gasteiger partial charge in [0.25, 0.3) is 0 Å². The summed E-state index contributed by atoms with van der Waals surface area (Å²) in [7, 11) is 0. The molecule has 0 radical (unpaired) electrons. The molecule has 2 aliphatic heterocycles. The van der Waals surface area contributed by atoms with Gasteiger partial charge in [-0.2, -0.15) is 18.7 Å². The predicted molar refractivity (Wildman–Crippen MR) is 145 cm³/mol. The zero-order valence-corrected chi connectivity index (χ0v) is 23.1. The van der Waals surface area contributed by atoms with Gasteiger partial charge in [0, 0.05) is 43.6 Å². The van der Waals surface area contributed by atoms with Gasteiger partial charge < -0.3 is 0 Å². The van der Waals surface area contributed by atoms with E-state index in [9.17, 15) is 18.0 Å². The van der Waals surface area contributed by atoms with E-state index in [0.717, 1.165) is 51.6 Å². The van der Waals surface area contributed by atoms with Crippen LogP contribution >= 0.6 is 0 Å². The summed E-state index contributed by atoms with van der Waals surface area (Å²) in [6.07, 6.45) is 8.32. The molecule has 4 heterocycles. The molecule has 2 aliphatic carbocycles. The maximum Gasteiger partial charge on any atom is 0.418 e. The van der Waals surface area contributed by atoms with Gasteiger partial charge >= 0.3 is 11.9 Å². The minimum Gasteiger partial charge on any atom is -0.299 e. The van der Waals surface area contributed by atoms with Gasteiger partial charge in [-0.05, 0) is 80.9 Å². The first-order chi connectivity index (χ1) is 18.7. The summed E-state index contributed by atoms with van der Waals surface area (Å²) in [6.45, 7) is 6.56. The standard InChI is InChI=1S/C29H43F3N6O/c1-18-6-5-11-36(14-18)15-20-12-24(29(30,31)32)25-17-37(28(39)38(25)16-20)23-10-4-9-22(13-23)26(21-7-3-8-21)27-19(2)33-35-34-27/h12,16-19,21-23,26-27,33-35H,3-11,13-15H2,1-2H3/t18-,19?,22?,23?,26-,27?/m0/s1. The molecule has 0 amide bonds. The van der Waals surface area contributed by atoms with Gasteiger partial charge in [-0.1, -0.05) is 32.6 Å². The second-order valence-electron chi connectivity index (χ2n) is 12.9. The molecular formula is C29H43F3N6O. The third-order valence-corrected chi connectivity index (χ3v) is 10.1. The Labute approximate surface area is 228 Å². The van der Waals surface area contributed by atoms with Crippen LogP contribution < -0.4 is 22.1 Å². The number of rotatable bonds is 6. The number of pyridine rings is 1. The second-order valence-corrected chi connectivity index (χ2v) is 12.9. The first-order valence-electron chi connectivity index (χ1n) is 15.0. The molecular weight excluding hydrogens is 505 g/mol. The summed E-state index contributed by atoms with van der Waals surface area (Å²) in [5.74, 6) is 2.11. The van der Waals surface area contributed by atoms with Crippen molar-refractivity contribution in [1.29, 1.82) is 0 Å². The highest BCUT2D eigenvalue weighted by atomic mass is 19.4. The van der Waals surface area contributed by atoms with Crippen molar-refractivity contribution in [2.24, 2.45) is 23.7 Å². The fraction of sp³-hybridized carbons (Fsp3) is 0.759. The molecule has 6 rings (SSSR count). The van der Waals surface area contributed by atoms with Crippen molar-refractivity contribution >= 4 is 5.52 Å². The number of aromatic nitrogens is 2. The number of fused-ring (bicyclic) bond motifs is 1. The maximum absolute atomic E-state index is 14.3. The Hall–Kier alpha value is -1.88. The van der Waals surface area contributed by atoms with Gasteiger partial charge in [0.1, 0.15) is 0 Å². The summed E-state index contributed by atoms with van der Waals surface area (Å²) in [5.41, 5.74) is 9.31. The average molecular weight is 549 g/mol. The lowest BCUT2D eigenvalue weighted by Gasteiger charge is -2.45. The zero-order chi connectivity index (χ0) is 27.3. The van der Waals surface area contributed by atoms with Gasteiger partial charge in [-0.25, -0.2) is 15.6 Å². The Morgan fingerprint density at radius 3 is 2.44 bits per heavy atom. The highest BCUT2D eigenvalue weighted by Crippen LogP contribution is 2.47. The molecule has 7 nitrogen and oxygen atoms in total. The number of piperidine rings is 1. The summed E-state index contributed by atoms with van der Waals surface area (Å²) >= 11 is 0. The fourth-order valence-electron chi connectivity index (χ4n) is 8.01. The van der Waals surface area contributed by atoms with Crippen LogP contribution in [0.5, 0.6) is 0 Å². The molecule has 2 saturated carbocycles. The Bertz CT molecular complexity index is 1220. The number of nitrogens with zero attached hydrogens (tertiary/aromatic N) is 3. The van der Waals surface area contributed by atoms with Crippen LogP contribution in [0, 0.1) is 23.7 Å². The second kappa shape index (κ2) is 10.8. The lowest BCUT2D eigenvalue weighted by Crippen LogP contribution is -2.48. The van der Waals surface area contributed by atoms with E-state index in [4.69, 9.17) is 0 Å². The van der Waals surface area contributed by atoms with E-state index >= 15 is 0 Å². The van der Waals surface area contributed by atoms with E-state index in [0.29, 0.717) is 47.9 Å². The summed E-state index contributed by atoms with van der Waals surface area (Å²) in [4.78, 5) is 15.9. The van der Waals surface area contributed by atoms with Crippen LogP contribution in [0.4, 0.5) is 13.2 Å². The van der Waals surface area contributed by atoms with Crippen molar-refractivity contribution < 1.29 is 13.2 Å². The normalized spacial score (nSPS) is 32.0. The van der Waals surface area contributed by atoms with Crippen LogP contribution in [0.1, 0.15) is 88.8 Å². The van der Waals surface area contributed by atoms with E-state index in [2.05, 4.69) is 35.1 Å². The molecule has 4 unspecified atom stereocenters. The summed E-state index contributed by atoms with van der Waals surface area (Å²) < 4.78 is 45.7. The molecule has 0 aromatic carbocycles. The van der Waals surface area contributed by atoms with Crippen molar-refractivity contribution in [1.82, 2.24) is 30.3 Å². The lowest BCUT2D eigenvalue weighted by molar-refractivity contribution is -0.136. The Kier molecular flexibility index (Phi) is 7.58. The number of hydrogen-bond donors (Lipinski definition) is 3. The molecule has 4 fully saturated rings. The van der Waals surface area contributed by atoms with Crippen molar-refractivity contribution in [2.75, 3.05) is 13.1 Å². The Morgan fingerprint density at radius 2 is 1.77 bits per heavy atom. The summed E-state index contributed by atoms with van der Waals surface area (Å²) in [5, 5.41) is 0. The molecule has 2 aromatic rings. The third-order valence-electron chi connectivity index (χ3n) is 10.1. The van der Waals surface area contributed by atoms with Crippen LogP contribution in [-0.4, -0.2) is 39.0 Å². The van der Waals surface area contributed by atoms with Crippen LogP contribution in [-0.2, 0) is 12.7 Å². The number of nitrogens with one attached hydrogen (secondary N) is 3. The number of hydrazine groups is 2. The van der Waals surface area contributed by atoms with E-state index in [1.54, 1.807) is 10.8 Å². The number of likely N-dealkylation sites (tertiary alicyclic amines) is 1. The first-order valence-corrected chi connectivity index (χ1v) is 15.0. The van der Waals surface area contributed by atoms with Crippen molar-refractivity contribution in [2.45, 2.75) is 102 Å². The molecule has 216 valence electrons. The van der Waals surface area contributed by atoms with Crippen molar-refractivity contribution in [3.63, 3.8) is 0 Å². The van der Waals surface area contributed by atoms with Gasteiger partial charge in [-0.3, -0.25) is 13.9 Å². The number of alkyl halides is 3. The molecule has 3 N–H and O–H groups in total. The maximum atomic E-state index is 14.3. The van der Waals surface area contributed by atoms with E-state index in [1.807, 2.05) is 0 Å². The minimum atomic E-state index is -4.52.